The van der Waals surface area contributed by atoms with Crippen molar-refractivity contribution >= 4 is 39.1 Å². The number of rotatable bonds is 5. The molecule has 1 fully saturated rings. The number of carbonyl (C=O) groups excluding carboxylic acids is 1. The number of nitrogens with one attached hydrogen (secondary N) is 1. The number of hydrogen-bond acceptors (Lipinski definition) is 5. The Kier molecular flexibility index (Phi) is 5.40. The Morgan fingerprint density at radius 3 is 2.57 bits per heavy atom. The van der Waals surface area contributed by atoms with Gasteiger partial charge in [0.25, 0.3) is 0 Å². The first-order valence-electron chi connectivity index (χ1n) is 6.30. The van der Waals surface area contributed by atoms with Gasteiger partial charge in [0, 0.05) is 4.90 Å². The molecule has 1 aliphatic heterocycles. The third kappa shape index (κ3) is 4.79. The highest BCUT2D eigenvalue weighted by Gasteiger charge is 2.37. The Bertz CT molecular complexity index is 603. The average molecular weight is 350 g/mol. The summed E-state index contributed by atoms with van der Waals surface area (Å²) in [6.45, 7) is 0. The maximum Gasteiger partial charge on any atom is 0.230 e. The van der Waals surface area contributed by atoms with Crippen LogP contribution in [0.15, 0.2) is 29.2 Å². The number of carbonyl (C=O) groups is 1. The fourth-order valence-electron chi connectivity index (χ4n) is 2.01. The van der Waals surface area contributed by atoms with Gasteiger partial charge in [-0.2, -0.15) is 0 Å². The Balaban J connectivity index is 1.82. The largest absolute Gasteiger partial charge is 0.497 e. The summed E-state index contributed by atoms with van der Waals surface area (Å²) in [7, 11) is -1.54. The molecular formula is C13H16ClNO4S2. The van der Waals surface area contributed by atoms with E-state index in [0.29, 0.717) is 0 Å². The molecule has 0 spiro atoms. The molecule has 21 heavy (non-hydrogen) atoms. The van der Waals surface area contributed by atoms with Crippen molar-refractivity contribution in [3.8, 4) is 5.75 Å². The number of benzene rings is 1. The quantitative estimate of drug-likeness (QED) is 0.641. The maximum absolute atomic E-state index is 11.8. The summed E-state index contributed by atoms with van der Waals surface area (Å²) in [5.41, 5.74) is 0. The summed E-state index contributed by atoms with van der Waals surface area (Å²) < 4.78 is 27.9. The number of hydrogen-bond donors (Lipinski definition) is 1. The molecule has 2 atom stereocenters. The van der Waals surface area contributed by atoms with Crippen LogP contribution in [0.25, 0.3) is 0 Å². The zero-order valence-corrected chi connectivity index (χ0v) is 13.8. The molecule has 1 aliphatic rings. The molecule has 0 bridgehead atoms. The van der Waals surface area contributed by atoms with E-state index in [-0.39, 0.29) is 23.2 Å². The predicted molar refractivity (Wildman–Crippen MR) is 83.9 cm³/mol. The molecule has 0 aromatic heterocycles. The van der Waals surface area contributed by atoms with Gasteiger partial charge in [0.1, 0.15) is 5.75 Å². The number of thioether (sulfide) groups is 1. The molecule has 0 radical (unpaired) electrons. The van der Waals surface area contributed by atoms with E-state index in [1.165, 1.54) is 11.8 Å². The van der Waals surface area contributed by atoms with E-state index in [1.54, 1.807) is 7.11 Å². The third-order valence-corrected chi connectivity index (χ3v) is 6.45. The first-order chi connectivity index (χ1) is 9.89. The van der Waals surface area contributed by atoms with Crippen LogP contribution in [-0.2, 0) is 14.6 Å². The van der Waals surface area contributed by atoms with E-state index in [2.05, 4.69) is 5.32 Å². The minimum Gasteiger partial charge on any atom is -0.497 e. The monoisotopic (exact) mass is 349 g/mol. The fourth-order valence-corrected chi connectivity index (χ4v) is 5.27. The summed E-state index contributed by atoms with van der Waals surface area (Å²) in [6, 6.07) is 6.86. The van der Waals surface area contributed by atoms with Crippen molar-refractivity contribution in [2.75, 3.05) is 24.4 Å². The maximum atomic E-state index is 11.8. The lowest BCUT2D eigenvalue weighted by Crippen LogP contribution is -2.41. The summed E-state index contributed by atoms with van der Waals surface area (Å²) in [4.78, 5) is 12.8. The number of ether oxygens (including phenoxy) is 1. The molecule has 116 valence electrons. The average Bonchev–Trinajstić information content (AvgIpc) is 2.69. The van der Waals surface area contributed by atoms with Gasteiger partial charge in [-0.25, -0.2) is 8.42 Å². The second kappa shape index (κ2) is 6.89. The molecule has 1 aromatic rings. The van der Waals surface area contributed by atoms with Gasteiger partial charge >= 0.3 is 0 Å². The molecule has 1 heterocycles. The van der Waals surface area contributed by atoms with Crippen molar-refractivity contribution in [2.45, 2.75) is 16.3 Å². The topological polar surface area (TPSA) is 72.5 Å². The highest BCUT2D eigenvalue weighted by atomic mass is 35.5. The summed E-state index contributed by atoms with van der Waals surface area (Å²) in [5.74, 6) is 0.589. The standard InChI is InChI=1S/C13H16ClNO4S2/c1-19-9-2-4-10(5-3-9)20-6-13(16)15-12-8-21(17,18)7-11(12)14/h2-5,11-12H,6-8H2,1H3,(H,15,16)/t11-,12-/m0/s1. The van der Waals surface area contributed by atoms with Gasteiger partial charge in [-0.15, -0.1) is 23.4 Å². The van der Waals surface area contributed by atoms with Crippen LogP contribution in [0, 0.1) is 0 Å². The van der Waals surface area contributed by atoms with Crippen molar-refractivity contribution < 1.29 is 17.9 Å². The minimum absolute atomic E-state index is 0.0782. The second-order valence-electron chi connectivity index (χ2n) is 4.73. The van der Waals surface area contributed by atoms with Crippen LogP contribution in [0.3, 0.4) is 0 Å². The highest BCUT2D eigenvalue weighted by Crippen LogP contribution is 2.22. The third-order valence-electron chi connectivity index (χ3n) is 3.06. The van der Waals surface area contributed by atoms with E-state index in [4.69, 9.17) is 16.3 Å². The van der Waals surface area contributed by atoms with E-state index >= 15 is 0 Å². The number of amides is 1. The van der Waals surface area contributed by atoms with Crippen LogP contribution in [0.5, 0.6) is 5.75 Å². The van der Waals surface area contributed by atoms with Gasteiger partial charge < -0.3 is 10.1 Å². The molecule has 1 aromatic carbocycles. The lowest BCUT2D eigenvalue weighted by molar-refractivity contribution is -0.119. The molecular weight excluding hydrogens is 334 g/mol. The van der Waals surface area contributed by atoms with Gasteiger partial charge in [-0.1, -0.05) is 0 Å². The normalized spacial score (nSPS) is 23.7. The lowest BCUT2D eigenvalue weighted by atomic mass is 10.2. The van der Waals surface area contributed by atoms with Crippen molar-refractivity contribution in [3.63, 3.8) is 0 Å². The Labute approximate surface area is 133 Å². The number of halogens is 1. The molecule has 8 heteroatoms. The molecule has 5 nitrogen and oxygen atoms in total. The predicted octanol–water partition coefficient (Wildman–Crippen LogP) is 1.31. The van der Waals surface area contributed by atoms with E-state index in [0.717, 1.165) is 10.6 Å². The summed E-state index contributed by atoms with van der Waals surface area (Å²) in [5, 5.41) is 2.13. The van der Waals surface area contributed by atoms with Crippen LogP contribution < -0.4 is 10.1 Å². The van der Waals surface area contributed by atoms with Crippen LogP contribution in [0.1, 0.15) is 0 Å². The van der Waals surface area contributed by atoms with Crippen molar-refractivity contribution in [3.05, 3.63) is 24.3 Å². The van der Waals surface area contributed by atoms with Crippen LogP contribution in [0.4, 0.5) is 0 Å². The first-order valence-corrected chi connectivity index (χ1v) is 9.55. The van der Waals surface area contributed by atoms with Crippen LogP contribution >= 0.6 is 23.4 Å². The van der Waals surface area contributed by atoms with Gasteiger partial charge in [0.05, 0.1) is 35.8 Å². The number of sulfone groups is 1. The van der Waals surface area contributed by atoms with Crippen LogP contribution in [0.2, 0.25) is 0 Å². The lowest BCUT2D eigenvalue weighted by Gasteiger charge is -2.14. The van der Waals surface area contributed by atoms with E-state index in [9.17, 15) is 13.2 Å². The van der Waals surface area contributed by atoms with Crippen LogP contribution in [-0.4, -0.2) is 50.1 Å². The van der Waals surface area contributed by atoms with Crippen molar-refractivity contribution in [1.82, 2.24) is 5.32 Å². The van der Waals surface area contributed by atoms with E-state index < -0.39 is 21.3 Å². The fraction of sp³-hybridized carbons (Fsp3) is 0.462. The second-order valence-corrected chi connectivity index (χ2v) is 8.49. The Morgan fingerprint density at radius 2 is 2.05 bits per heavy atom. The smallest absolute Gasteiger partial charge is 0.230 e. The molecule has 1 N–H and O–H groups in total. The minimum atomic E-state index is -3.13. The van der Waals surface area contributed by atoms with Crippen molar-refractivity contribution in [1.29, 1.82) is 0 Å². The molecule has 2 rings (SSSR count). The van der Waals surface area contributed by atoms with Gasteiger partial charge in [0.2, 0.25) is 5.91 Å². The van der Waals surface area contributed by atoms with Gasteiger partial charge in [0.15, 0.2) is 9.84 Å². The first kappa shape index (κ1) is 16.5. The number of methoxy groups -OCH3 is 1. The molecule has 0 unspecified atom stereocenters. The van der Waals surface area contributed by atoms with Gasteiger partial charge in [-0.3, -0.25) is 4.79 Å². The zero-order chi connectivity index (χ0) is 15.5. The molecule has 1 amide bonds. The Hall–Kier alpha value is -0.920. The number of alkyl halides is 1. The summed E-state index contributed by atoms with van der Waals surface area (Å²) >= 11 is 7.31. The van der Waals surface area contributed by atoms with E-state index in [1.807, 2.05) is 24.3 Å². The highest BCUT2D eigenvalue weighted by molar-refractivity contribution is 8.00. The van der Waals surface area contributed by atoms with Gasteiger partial charge in [-0.05, 0) is 24.3 Å². The zero-order valence-electron chi connectivity index (χ0n) is 11.4. The molecule has 1 saturated heterocycles. The SMILES string of the molecule is COc1ccc(SCC(=O)N[C@H]2CS(=O)(=O)C[C@@H]2Cl)cc1. The molecule has 0 saturated carbocycles. The Morgan fingerprint density at radius 1 is 1.38 bits per heavy atom. The van der Waals surface area contributed by atoms with Crippen molar-refractivity contribution in [2.24, 2.45) is 0 Å². The summed E-state index contributed by atoms with van der Waals surface area (Å²) in [6.07, 6.45) is 0. The molecule has 0 aliphatic carbocycles.